The number of aryl methyl sites for hydroxylation is 2. The first-order valence-corrected chi connectivity index (χ1v) is 12.0. The fourth-order valence-electron chi connectivity index (χ4n) is 4.31. The molecule has 1 unspecified atom stereocenters. The van der Waals surface area contributed by atoms with Crippen LogP contribution in [0.15, 0.2) is 84.9 Å². The lowest BCUT2D eigenvalue weighted by Crippen LogP contribution is -2.13. The van der Waals surface area contributed by atoms with Crippen LogP contribution in [0.25, 0.3) is 21.8 Å². The van der Waals surface area contributed by atoms with E-state index in [1.807, 2.05) is 74.5 Å². The number of aromatic nitrogens is 2. The maximum atomic E-state index is 6.26. The number of rotatable bonds is 8. The van der Waals surface area contributed by atoms with Crippen molar-refractivity contribution in [1.82, 2.24) is 9.55 Å². The van der Waals surface area contributed by atoms with Gasteiger partial charge in [0.2, 0.25) is 0 Å². The van der Waals surface area contributed by atoms with Gasteiger partial charge in [0.05, 0.1) is 17.6 Å². The second-order valence-corrected chi connectivity index (χ2v) is 8.87. The van der Waals surface area contributed by atoms with Crippen LogP contribution in [0.5, 0.6) is 11.5 Å². The SMILES string of the molecule is Cc1cc(OC(C)c2nc3ccccc3n2CCCOc2cccc3ccccc23)ccc1Cl. The molecule has 0 saturated heterocycles. The van der Waals surface area contributed by atoms with E-state index in [4.69, 9.17) is 26.1 Å². The molecule has 1 aromatic heterocycles. The molecule has 5 aromatic rings. The normalized spacial score (nSPS) is 12.2. The molecule has 0 saturated carbocycles. The topological polar surface area (TPSA) is 36.3 Å². The molecule has 0 aliphatic carbocycles. The Morgan fingerprint density at radius 2 is 1.74 bits per heavy atom. The second-order valence-electron chi connectivity index (χ2n) is 8.46. The van der Waals surface area contributed by atoms with E-state index in [1.54, 1.807) is 0 Å². The molecule has 34 heavy (non-hydrogen) atoms. The van der Waals surface area contributed by atoms with Crippen molar-refractivity contribution in [2.75, 3.05) is 6.61 Å². The van der Waals surface area contributed by atoms with E-state index in [0.717, 1.165) is 57.3 Å². The highest BCUT2D eigenvalue weighted by Crippen LogP contribution is 2.29. The summed E-state index contributed by atoms with van der Waals surface area (Å²) in [6.45, 7) is 5.42. The van der Waals surface area contributed by atoms with Gasteiger partial charge in [-0.05, 0) is 67.6 Å². The zero-order valence-corrected chi connectivity index (χ0v) is 20.1. The Morgan fingerprint density at radius 1 is 0.941 bits per heavy atom. The summed E-state index contributed by atoms with van der Waals surface area (Å²) >= 11 is 6.18. The largest absolute Gasteiger partial charge is 0.493 e. The molecule has 4 aromatic carbocycles. The molecule has 4 nitrogen and oxygen atoms in total. The van der Waals surface area contributed by atoms with Crippen molar-refractivity contribution in [3.8, 4) is 11.5 Å². The molecule has 0 radical (unpaired) electrons. The molecule has 1 heterocycles. The fraction of sp³-hybridized carbons (Fsp3) is 0.207. The maximum Gasteiger partial charge on any atom is 0.153 e. The number of hydrogen-bond acceptors (Lipinski definition) is 3. The molecule has 0 amide bonds. The molecule has 0 spiro atoms. The highest BCUT2D eigenvalue weighted by atomic mass is 35.5. The van der Waals surface area contributed by atoms with Crippen LogP contribution >= 0.6 is 11.6 Å². The number of hydrogen-bond donors (Lipinski definition) is 0. The van der Waals surface area contributed by atoms with E-state index in [2.05, 4.69) is 28.8 Å². The van der Waals surface area contributed by atoms with Gasteiger partial charge in [-0.25, -0.2) is 4.98 Å². The molecule has 172 valence electrons. The van der Waals surface area contributed by atoms with E-state index < -0.39 is 0 Å². The molecule has 0 aliphatic heterocycles. The van der Waals surface area contributed by atoms with Crippen molar-refractivity contribution in [1.29, 1.82) is 0 Å². The Morgan fingerprint density at radius 3 is 2.62 bits per heavy atom. The molecule has 0 aliphatic rings. The number of imidazole rings is 1. The Balaban J connectivity index is 1.33. The summed E-state index contributed by atoms with van der Waals surface area (Å²) < 4.78 is 14.7. The van der Waals surface area contributed by atoms with E-state index in [1.165, 1.54) is 5.39 Å². The quantitative estimate of drug-likeness (QED) is 0.217. The smallest absolute Gasteiger partial charge is 0.153 e. The van der Waals surface area contributed by atoms with E-state index in [-0.39, 0.29) is 6.10 Å². The standard InChI is InChI=1S/C29H27ClN2O2/c1-20-19-23(15-16-25(20)30)34-21(2)29-31-26-12-5-6-13-27(26)32(29)17-8-18-33-28-14-7-10-22-9-3-4-11-24(22)28/h3-7,9-16,19,21H,8,17-18H2,1-2H3. The third-order valence-electron chi connectivity index (χ3n) is 6.02. The number of halogens is 1. The van der Waals surface area contributed by atoms with Gasteiger partial charge in [-0.1, -0.05) is 60.1 Å². The Hall–Kier alpha value is -3.50. The third-order valence-corrected chi connectivity index (χ3v) is 6.45. The summed E-state index contributed by atoms with van der Waals surface area (Å²) in [5, 5.41) is 3.06. The average molecular weight is 471 g/mol. The molecular formula is C29H27ClN2O2. The van der Waals surface area contributed by atoms with Gasteiger partial charge >= 0.3 is 0 Å². The van der Waals surface area contributed by atoms with Gasteiger partial charge < -0.3 is 14.0 Å². The highest BCUT2D eigenvalue weighted by Gasteiger charge is 2.18. The minimum atomic E-state index is -0.216. The molecule has 1 atom stereocenters. The van der Waals surface area contributed by atoms with E-state index in [0.29, 0.717) is 6.61 Å². The summed E-state index contributed by atoms with van der Waals surface area (Å²) in [5.74, 6) is 2.61. The van der Waals surface area contributed by atoms with Gasteiger partial charge in [-0.3, -0.25) is 0 Å². The van der Waals surface area contributed by atoms with Gasteiger partial charge in [0.15, 0.2) is 11.9 Å². The molecule has 5 rings (SSSR count). The summed E-state index contributed by atoms with van der Waals surface area (Å²) in [7, 11) is 0. The highest BCUT2D eigenvalue weighted by molar-refractivity contribution is 6.31. The van der Waals surface area contributed by atoms with Crippen LogP contribution in [-0.2, 0) is 6.54 Å². The van der Waals surface area contributed by atoms with Crippen molar-refractivity contribution < 1.29 is 9.47 Å². The lowest BCUT2D eigenvalue weighted by molar-refractivity contribution is 0.210. The number of benzene rings is 4. The van der Waals surface area contributed by atoms with Crippen LogP contribution in [0, 0.1) is 6.92 Å². The lowest BCUT2D eigenvalue weighted by Gasteiger charge is -2.17. The van der Waals surface area contributed by atoms with Crippen LogP contribution in [0.3, 0.4) is 0 Å². The van der Waals surface area contributed by atoms with Gasteiger partial charge in [-0.2, -0.15) is 0 Å². The first kappa shape index (κ1) is 22.3. The summed E-state index contributed by atoms with van der Waals surface area (Å²) in [5.41, 5.74) is 3.06. The summed E-state index contributed by atoms with van der Waals surface area (Å²) in [4.78, 5) is 4.90. The predicted octanol–water partition coefficient (Wildman–Crippen LogP) is 7.76. The van der Waals surface area contributed by atoms with Crippen molar-refractivity contribution in [3.05, 3.63) is 101 Å². The summed E-state index contributed by atoms with van der Waals surface area (Å²) in [6, 6.07) is 28.4. The minimum absolute atomic E-state index is 0.216. The second kappa shape index (κ2) is 9.78. The van der Waals surface area contributed by atoms with Crippen molar-refractivity contribution in [2.45, 2.75) is 32.9 Å². The third kappa shape index (κ3) is 4.59. The van der Waals surface area contributed by atoms with Crippen LogP contribution < -0.4 is 9.47 Å². The van der Waals surface area contributed by atoms with Crippen molar-refractivity contribution in [3.63, 3.8) is 0 Å². The van der Waals surface area contributed by atoms with Crippen LogP contribution in [0.1, 0.15) is 30.8 Å². The first-order valence-electron chi connectivity index (χ1n) is 11.6. The number of ether oxygens (including phenoxy) is 2. The molecule has 5 heteroatoms. The van der Waals surface area contributed by atoms with Crippen LogP contribution in [0.2, 0.25) is 5.02 Å². The van der Waals surface area contributed by atoms with Gasteiger partial charge in [0.1, 0.15) is 11.5 Å². The van der Waals surface area contributed by atoms with Gasteiger partial charge in [-0.15, -0.1) is 0 Å². The monoisotopic (exact) mass is 470 g/mol. The Bertz CT molecular complexity index is 1440. The Labute approximate surface area is 204 Å². The maximum absolute atomic E-state index is 6.26. The number of para-hydroxylation sites is 2. The molecule has 0 N–H and O–H groups in total. The fourth-order valence-corrected chi connectivity index (χ4v) is 4.43. The van der Waals surface area contributed by atoms with E-state index in [9.17, 15) is 0 Å². The van der Waals surface area contributed by atoms with Crippen LogP contribution in [0.4, 0.5) is 0 Å². The van der Waals surface area contributed by atoms with Gasteiger partial charge in [0.25, 0.3) is 0 Å². The Kier molecular flexibility index (Phi) is 6.41. The zero-order chi connectivity index (χ0) is 23.5. The van der Waals surface area contributed by atoms with Gasteiger partial charge in [0, 0.05) is 17.0 Å². The lowest BCUT2D eigenvalue weighted by atomic mass is 10.1. The van der Waals surface area contributed by atoms with Crippen molar-refractivity contribution in [2.24, 2.45) is 0 Å². The number of fused-ring (bicyclic) bond motifs is 2. The molecule has 0 bridgehead atoms. The molecule has 0 fully saturated rings. The summed E-state index contributed by atoms with van der Waals surface area (Å²) in [6.07, 6.45) is 0.635. The zero-order valence-electron chi connectivity index (χ0n) is 19.4. The first-order chi connectivity index (χ1) is 16.6. The average Bonchev–Trinajstić information content (AvgIpc) is 3.23. The number of nitrogens with zero attached hydrogens (tertiary/aromatic N) is 2. The van der Waals surface area contributed by atoms with Crippen LogP contribution in [-0.4, -0.2) is 16.2 Å². The minimum Gasteiger partial charge on any atom is -0.493 e. The van der Waals surface area contributed by atoms with Crippen molar-refractivity contribution >= 4 is 33.4 Å². The molecular weight excluding hydrogens is 444 g/mol. The van der Waals surface area contributed by atoms with E-state index >= 15 is 0 Å². The predicted molar refractivity (Wildman–Crippen MR) is 139 cm³/mol.